The molecule has 0 aliphatic rings. The second kappa shape index (κ2) is 4.82. The smallest absolute Gasteiger partial charge is 0.313 e. The highest BCUT2D eigenvalue weighted by Gasteiger charge is 2.36. The van der Waals surface area contributed by atoms with Crippen LogP contribution in [0.1, 0.15) is 18.9 Å². The zero-order valence-corrected chi connectivity index (χ0v) is 10.7. The van der Waals surface area contributed by atoms with Gasteiger partial charge in [-0.3, -0.25) is 4.79 Å². The first-order chi connectivity index (χ1) is 8.59. The second-order valence-electron chi connectivity index (χ2n) is 4.74. The van der Waals surface area contributed by atoms with Crippen molar-refractivity contribution in [3.05, 3.63) is 36.0 Å². The van der Waals surface area contributed by atoms with E-state index in [1.54, 1.807) is 6.92 Å². The molecule has 1 heterocycles. The lowest BCUT2D eigenvalue weighted by Gasteiger charge is -2.24. The first-order valence-corrected chi connectivity index (χ1v) is 6.04. The van der Waals surface area contributed by atoms with Crippen molar-refractivity contribution in [2.24, 2.45) is 0 Å². The molecule has 0 amide bonds. The number of aromatic nitrogens is 1. The fourth-order valence-corrected chi connectivity index (χ4v) is 2.26. The Labute approximate surface area is 106 Å². The van der Waals surface area contributed by atoms with Crippen LogP contribution in [0, 0.1) is 0 Å². The number of rotatable bonds is 5. The van der Waals surface area contributed by atoms with Gasteiger partial charge in [-0.1, -0.05) is 18.2 Å². The van der Waals surface area contributed by atoms with Gasteiger partial charge >= 0.3 is 5.97 Å². The van der Waals surface area contributed by atoms with Gasteiger partial charge in [-0.25, -0.2) is 0 Å². The van der Waals surface area contributed by atoms with E-state index in [-0.39, 0.29) is 0 Å². The lowest BCUT2D eigenvalue weighted by Crippen LogP contribution is -2.35. The highest BCUT2D eigenvalue weighted by Crippen LogP contribution is 2.33. The number of hydrogen-bond acceptors (Lipinski definition) is 2. The van der Waals surface area contributed by atoms with E-state index in [9.17, 15) is 9.90 Å². The molecule has 2 aromatic rings. The monoisotopic (exact) mass is 246 g/mol. The van der Waals surface area contributed by atoms with E-state index >= 15 is 0 Å². The van der Waals surface area contributed by atoms with E-state index in [2.05, 4.69) is 10.3 Å². The van der Waals surface area contributed by atoms with Crippen molar-refractivity contribution >= 4 is 16.9 Å². The standard InChI is InChI=1S/C14H18N2O2/c1-14(13(17)18,7-8-15-2)11-9-16-12-6-4-3-5-10(11)12/h3-6,9,15-16H,7-8H2,1-2H3,(H,17,18). The molecule has 0 aliphatic heterocycles. The van der Waals surface area contributed by atoms with Crippen LogP contribution in [0.15, 0.2) is 30.5 Å². The van der Waals surface area contributed by atoms with Gasteiger partial charge in [0.05, 0.1) is 5.41 Å². The van der Waals surface area contributed by atoms with Crippen LogP contribution in [0.25, 0.3) is 10.9 Å². The molecular weight excluding hydrogens is 228 g/mol. The molecule has 0 saturated heterocycles. The van der Waals surface area contributed by atoms with Crippen LogP contribution in [-0.2, 0) is 10.2 Å². The number of carboxylic acid groups (broad SMARTS) is 1. The van der Waals surface area contributed by atoms with Crippen molar-refractivity contribution in [3.8, 4) is 0 Å². The molecule has 1 aromatic heterocycles. The van der Waals surface area contributed by atoms with Gasteiger partial charge < -0.3 is 15.4 Å². The topological polar surface area (TPSA) is 65.1 Å². The maximum atomic E-state index is 11.6. The summed E-state index contributed by atoms with van der Waals surface area (Å²) in [6.07, 6.45) is 2.37. The van der Waals surface area contributed by atoms with Crippen LogP contribution < -0.4 is 5.32 Å². The average molecular weight is 246 g/mol. The first kappa shape index (κ1) is 12.6. The number of para-hydroxylation sites is 1. The van der Waals surface area contributed by atoms with E-state index in [0.717, 1.165) is 16.5 Å². The SMILES string of the molecule is CNCCC(C)(C(=O)O)c1c[nH]c2ccccc12. The zero-order chi connectivity index (χ0) is 13.2. The lowest BCUT2D eigenvalue weighted by molar-refractivity contribution is -0.143. The summed E-state index contributed by atoms with van der Waals surface area (Å²) in [5, 5.41) is 13.5. The van der Waals surface area contributed by atoms with Gasteiger partial charge in [0.15, 0.2) is 0 Å². The molecule has 96 valence electrons. The van der Waals surface area contributed by atoms with E-state index in [0.29, 0.717) is 13.0 Å². The summed E-state index contributed by atoms with van der Waals surface area (Å²) in [5.74, 6) is -0.789. The van der Waals surface area contributed by atoms with Gasteiger partial charge in [-0.05, 0) is 38.6 Å². The minimum absolute atomic E-state index is 0.556. The van der Waals surface area contributed by atoms with Gasteiger partial charge in [-0.2, -0.15) is 0 Å². The molecule has 18 heavy (non-hydrogen) atoms. The summed E-state index contributed by atoms with van der Waals surface area (Å²) in [4.78, 5) is 14.8. The van der Waals surface area contributed by atoms with E-state index in [1.165, 1.54) is 0 Å². The normalized spacial score (nSPS) is 14.6. The number of carboxylic acids is 1. The third-order valence-corrected chi connectivity index (χ3v) is 3.53. The van der Waals surface area contributed by atoms with Crippen molar-refractivity contribution in [1.29, 1.82) is 0 Å². The molecule has 4 nitrogen and oxygen atoms in total. The third-order valence-electron chi connectivity index (χ3n) is 3.53. The number of hydrogen-bond donors (Lipinski definition) is 3. The molecule has 1 aromatic carbocycles. The molecule has 0 spiro atoms. The van der Waals surface area contributed by atoms with E-state index in [1.807, 2.05) is 37.5 Å². The van der Waals surface area contributed by atoms with Crippen molar-refractivity contribution in [2.75, 3.05) is 13.6 Å². The predicted molar refractivity (Wildman–Crippen MR) is 71.8 cm³/mol. The van der Waals surface area contributed by atoms with Crippen LogP contribution in [0.4, 0.5) is 0 Å². The summed E-state index contributed by atoms with van der Waals surface area (Å²) in [6, 6.07) is 7.79. The van der Waals surface area contributed by atoms with Gasteiger partial charge in [0.25, 0.3) is 0 Å². The minimum atomic E-state index is -0.872. The Morgan fingerprint density at radius 1 is 1.44 bits per heavy atom. The number of fused-ring (bicyclic) bond motifs is 1. The maximum absolute atomic E-state index is 11.6. The third kappa shape index (κ3) is 1.99. The van der Waals surface area contributed by atoms with Crippen LogP contribution >= 0.6 is 0 Å². The fraction of sp³-hybridized carbons (Fsp3) is 0.357. The summed E-state index contributed by atoms with van der Waals surface area (Å²) < 4.78 is 0. The van der Waals surface area contributed by atoms with Gasteiger partial charge in [-0.15, -0.1) is 0 Å². The molecule has 2 rings (SSSR count). The lowest BCUT2D eigenvalue weighted by atomic mass is 9.79. The molecule has 1 unspecified atom stereocenters. The summed E-state index contributed by atoms with van der Waals surface area (Å²) in [6.45, 7) is 2.45. The Bertz CT molecular complexity index is 562. The van der Waals surface area contributed by atoms with Crippen LogP contribution in [0.3, 0.4) is 0 Å². The number of aliphatic carboxylic acids is 1. The van der Waals surface area contributed by atoms with Crippen molar-refractivity contribution in [2.45, 2.75) is 18.8 Å². The van der Waals surface area contributed by atoms with Crippen LogP contribution in [0.2, 0.25) is 0 Å². The van der Waals surface area contributed by atoms with Crippen molar-refractivity contribution < 1.29 is 9.90 Å². The molecule has 4 heteroatoms. The first-order valence-electron chi connectivity index (χ1n) is 6.04. The Hall–Kier alpha value is -1.81. The molecule has 1 atom stereocenters. The number of aromatic amines is 1. The number of carbonyl (C=O) groups is 1. The van der Waals surface area contributed by atoms with Gasteiger partial charge in [0.1, 0.15) is 0 Å². The summed E-state index contributed by atoms with van der Waals surface area (Å²) in [7, 11) is 1.83. The highest BCUT2D eigenvalue weighted by molar-refractivity contribution is 5.91. The largest absolute Gasteiger partial charge is 0.481 e. The quantitative estimate of drug-likeness (QED) is 0.757. The number of H-pyrrole nitrogens is 1. The number of nitrogens with one attached hydrogen (secondary N) is 2. The molecule has 0 radical (unpaired) electrons. The highest BCUT2D eigenvalue weighted by atomic mass is 16.4. The van der Waals surface area contributed by atoms with Crippen molar-refractivity contribution in [1.82, 2.24) is 10.3 Å². The summed E-state index contributed by atoms with van der Waals surface area (Å²) >= 11 is 0. The average Bonchev–Trinajstić information content (AvgIpc) is 2.80. The second-order valence-corrected chi connectivity index (χ2v) is 4.74. The molecule has 0 fully saturated rings. The molecule has 0 aliphatic carbocycles. The Morgan fingerprint density at radius 2 is 2.17 bits per heavy atom. The molecule has 3 N–H and O–H groups in total. The Morgan fingerprint density at radius 3 is 2.83 bits per heavy atom. The minimum Gasteiger partial charge on any atom is -0.481 e. The van der Waals surface area contributed by atoms with Gasteiger partial charge in [0.2, 0.25) is 0 Å². The molecular formula is C14H18N2O2. The fourth-order valence-electron chi connectivity index (χ4n) is 2.26. The summed E-state index contributed by atoms with van der Waals surface area (Å²) in [5.41, 5.74) is 0.952. The van der Waals surface area contributed by atoms with E-state index in [4.69, 9.17) is 0 Å². The van der Waals surface area contributed by atoms with Crippen molar-refractivity contribution in [3.63, 3.8) is 0 Å². The van der Waals surface area contributed by atoms with Crippen LogP contribution in [0.5, 0.6) is 0 Å². The number of benzene rings is 1. The Kier molecular flexibility index (Phi) is 3.39. The zero-order valence-electron chi connectivity index (χ0n) is 10.7. The molecule has 0 bridgehead atoms. The van der Waals surface area contributed by atoms with Gasteiger partial charge in [0, 0.05) is 17.1 Å². The van der Waals surface area contributed by atoms with E-state index < -0.39 is 11.4 Å². The van der Waals surface area contributed by atoms with Crippen LogP contribution in [-0.4, -0.2) is 29.7 Å². The molecule has 0 saturated carbocycles. The maximum Gasteiger partial charge on any atom is 0.313 e. The Balaban J connectivity index is 2.51. The predicted octanol–water partition coefficient (Wildman–Crippen LogP) is 2.12.